The molecule has 0 heterocycles. The second-order valence-corrected chi connectivity index (χ2v) is 4.08. The molecule has 0 atom stereocenters. The quantitative estimate of drug-likeness (QED) is 0.709. The van der Waals surface area contributed by atoms with E-state index in [0.717, 1.165) is 12.8 Å². The fraction of sp³-hybridized carbons (Fsp3) is 0.800. The van der Waals surface area contributed by atoms with Crippen LogP contribution in [0.15, 0.2) is 0 Å². The predicted molar refractivity (Wildman–Crippen MR) is 54.0 cm³/mol. The van der Waals surface area contributed by atoms with Gasteiger partial charge < -0.3 is 10.6 Å². The van der Waals surface area contributed by atoms with Crippen molar-refractivity contribution in [3.63, 3.8) is 0 Å². The van der Waals surface area contributed by atoms with Gasteiger partial charge in [-0.05, 0) is 19.3 Å². The number of ketones is 1. The Morgan fingerprint density at radius 2 is 2.00 bits per heavy atom. The zero-order chi connectivity index (χ0) is 10.6. The fourth-order valence-corrected chi connectivity index (χ4v) is 1.16. The zero-order valence-electron chi connectivity index (χ0n) is 8.80. The molecule has 1 saturated carbocycles. The molecule has 4 nitrogen and oxygen atoms in total. The van der Waals surface area contributed by atoms with Crippen LogP contribution >= 0.6 is 0 Å². The summed E-state index contributed by atoms with van der Waals surface area (Å²) in [7, 11) is 0. The summed E-state index contributed by atoms with van der Waals surface area (Å²) in [4.78, 5) is 22.4. The van der Waals surface area contributed by atoms with Gasteiger partial charge in [-0.25, -0.2) is 4.79 Å². The van der Waals surface area contributed by atoms with Gasteiger partial charge >= 0.3 is 6.03 Å². The minimum absolute atomic E-state index is 0.0148. The van der Waals surface area contributed by atoms with E-state index in [1.165, 1.54) is 6.42 Å². The van der Waals surface area contributed by atoms with Crippen LogP contribution in [0.2, 0.25) is 0 Å². The molecule has 0 saturated heterocycles. The smallest absolute Gasteiger partial charge is 0.315 e. The topological polar surface area (TPSA) is 58.2 Å². The van der Waals surface area contributed by atoms with E-state index in [0.29, 0.717) is 6.04 Å². The number of amides is 2. The molecule has 0 spiro atoms. The van der Waals surface area contributed by atoms with Gasteiger partial charge in [0.05, 0.1) is 6.54 Å². The Morgan fingerprint density at radius 1 is 1.36 bits per heavy atom. The van der Waals surface area contributed by atoms with Crippen molar-refractivity contribution in [1.29, 1.82) is 0 Å². The Labute approximate surface area is 84.4 Å². The third-order valence-corrected chi connectivity index (χ3v) is 2.51. The lowest BCUT2D eigenvalue weighted by atomic mass is 9.93. The highest BCUT2D eigenvalue weighted by atomic mass is 16.2. The van der Waals surface area contributed by atoms with Crippen LogP contribution in [0.5, 0.6) is 0 Å². The summed E-state index contributed by atoms with van der Waals surface area (Å²) in [6.45, 7) is 3.79. The lowest BCUT2D eigenvalue weighted by Gasteiger charge is -2.26. The molecule has 0 aromatic heterocycles. The van der Waals surface area contributed by atoms with E-state index in [9.17, 15) is 9.59 Å². The van der Waals surface area contributed by atoms with E-state index in [1.54, 1.807) is 0 Å². The Bertz CT molecular complexity index is 222. The minimum atomic E-state index is -0.219. The van der Waals surface area contributed by atoms with Gasteiger partial charge in [-0.2, -0.15) is 0 Å². The highest BCUT2D eigenvalue weighted by Crippen LogP contribution is 2.17. The molecule has 14 heavy (non-hydrogen) atoms. The first-order valence-corrected chi connectivity index (χ1v) is 5.16. The Kier molecular flexibility index (Phi) is 3.92. The Hall–Kier alpha value is -1.06. The van der Waals surface area contributed by atoms with Crippen molar-refractivity contribution in [2.75, 3.05) is 6.54 Å². The molecule has 0 unspecified atom stereocenters. The molecule has 1 aliphatic rings. The van der Waals surface area contributed by atoms with Crippen LogP contribution in [0.3, 0.4) is 0 Å². The summed E-state index contributed by atoms with van der Waals surface area (Å²) < 4.78 is 0. The van der Waals surface area contributed by atoms with E-state index in [-0.39, 0.29) is 24.3 Å². The number of urea groups is 1. The van der Waals surface area contributed by atoms with Crippen molar-refractivity contribution in [3.05, 3.63) is 0 Å². The molecule has 2 N–H and O–H groups in total. The van der Waals surface area contributed by atoms with Gasteiger partial charge in [-0.3, -0.25) is 4.79 Å². The van der Waals surface area contributed by atoms with E-state index >= 15 is 0 Å². The lowest BCUT2D eigenvalue weighted by molar-refractivity contribution is -0.120. The van der Waals surface area contributed by atoms with Crippen molar-refractivity contribution in [2.24, 2.45) is 5.92 Å². The SMILES string of the molecule is CC(C)C(=O)CNC(=O)NC1CCC1. The predicted octanol–water partition coefficient (Wildman–Crippen LogP) is 1.06. The normalized spacial score (nSPS) is 16.2. The fourth-order valence-electron chi connectivity index (χ4n) is 1.16. The van der Waals surface area contributed by atoms with Crippen molar-refractivity contribution in [3.8, 4) is 0 Å². The van der Waals surface area contributed by atoms with Gasteiger partial charge in [0.1, 0.15) is 0 Å². The van der Waals surface area contributed by atoms with Crippen LogP contribution in [-0.2, 0) is 4.79 Å². The molecule has 0 aromatic carbocycles. The van der Waals surface area contributed by atoms with Gasteiger partial charge in [0.15, 0.2) is 5.78 Å². The monoisotopic (exact) mass is 198 g/mol. The van der Waals surface area contributed by atoms with Crippen LogP contribution in [0.4, 0.5) is 4.79 Å². The first kappa shape index (κ1) is 11.0. The maximum absolute atomic E-state index is 11.2. The van der Waals surface area contributed by atoms with Crippen molar-refractivity contribution in [2.45, 2.75) is 39.2 Å². The first-order chi connectivity index (χ1) is 6.59. The van der Waals surface area contributed by atoms with E-state index < -0.39 is 0 Å². The van der Waals surface area contributed by atoms with E-state index in [2.05, 4.69) is 10.6 Å². The molecule has 0 bridgehead atoms. The number of hydrogen-bond donors (Lipinski definition) is 2. The first-order valence-electron chi connectivity index (χ1n) is 5.16. The molecular formula is C10H18N2O2. The number of carbonyl (C=O) groups excluding carboxylic acids is 2. The second kappa shape index (κ2) is 4.98. The molecular weight excluding hydrogens is 180 g/mol. The van der Waals surface area contributed by atoms with Crippen LogP contribution in [-0.4, -0.2) is 24.4 Å². The number of carbonyl (C=O) groups is 2. The summed E-state index contributed by atoms with van der Waals surface area (Å²) in [5, 5.41) is 5.37. The summed E-state index contributed by atoms with van der Waals surface area (Å²) >= 11 is 0. The van der Waals surface area contributed by atoms with Crippen LogP contribution in [0.25, 0.3) is 0 Å². The molecule has 80 valence electrons. The van der Waals surface area contributed by atoms with Crippen molar-refractivity contribution < 1.29 is 9.59 Å². The Balaban J connectivity index is 2.11. The largest absolute Gasteiger partial charge is 0.335 e. The number of nitrogens with one attached hydrogen (secondary N) is 2. The van der Waals surface area contributed by atoms with Gasteiger partial charge in [-0.15, -0.1) is 0 Å². The van der Waals surface area contributed by atoms with Crippen molar-refractivity contribution >= 4 is 11.8 Å². The molecule has 0 radical (unpaired) electrons. The third-order valence-electron chi connectivity index (χ3n) is 2.51. The minimum Gasteiger partial charge on any atom is -0.335 e. The summed E-state index contributed by atoms with van der Waals surface area (Å²) in [5.74, 6) is 0.0489. The number of rotatable bonds is 4. The highest BCUT2D eigenvalue weighted by Gasteiger charge is 2.19. The molecule has 1 rings (SSSR count). The maximum atomic E-state index is 11.2. The highest BCUT2D eigenvalue weighted by molar-refractivity contribution is 5.86. The molecule has 4 heteroatoms. The van der Waals surface area contributed by atoms with Crippen molar-refractivity contribution in [1.82, 2.24) is 10.6 Å². The van der Waals surface area contributed by atoms with Gasteiger partial charge in [0.25, 0.3) is 0 Å². The molecule has 0 aliphatic heterocycles. The van der Waals surface area contributed by atoms with Gasteiger partial charge in [0, 0.05) is 12.0 Å². The average molecular weight is 198 g/mol. The van der Waals surface area contributed by atoms with E-state index in [4.69, 9.17) is 0 Å². The van der Waals surface area contributed by atoms with Gasteiger partial charge in [0.2, 0.25) is 0 Å². The molecule has 1 fully saturated rings. The Morgan fingerprint density at radius 3 is 2.43 bits per heavy atom. The molecule has 1 aliphatic carbocycles. The maximum Gasteiger partial charge on any atom is 0.315 e. The third kappa shape index (κ3) is 3.36. The number of hydrogen-bond acceptors (Lipinski definition) is 2. The van der Waals surface area contributed by atoms with Crippen LogP contribution < -0.4 is 10.6 Å². The summed E-state index contributed by atoms with van der Waals surface area (Å²) in [5.41, 5.74) is 0. The lowest BCUT2D eigenvalue weighted by Crippen LogP contribution is -2.46. The van der Waals surface area contributed by atoms with Gasteiger partial charge in [-0.1, -0.05) is 13.8 Å². The van der Waals surface area contributed by atoms with E-state index in [1.807, 2.05) is 13.8 Å². The second-order valence-electron chi connectivity index (χ2n) is 4.08. The number of Topliss-reactive ketones (excluding diaryl/α,β-unsaturated/α-hetero) is 1. The standard InChI is InChI=1S/C10H18N2O2/c1-7(2)9(13)6-11-10(14)12-8-4-3-5-8/h7-8H,3-6H2,1-2H3,(H2,11,12,14). The molecule has 0 aromatic rings. The summed E-state index contributed by atoms with van der Waals surface area (Å²) in [6.07, 6.45) is 3.31. The summed E-state index contributed by atoms with van der Waals surface area (Å²) in [6, 6.07) is 0.104. The molecule has 2 amide bonds. The average Bonchev–Trinajstić information content (AvgIpc) is 2.07. The zero-order valence-corrected chi connectivity index (χ0v) is 8.80. The van der Waals surface area contributed by atoms with Crippen LogP contribution in [0.1, 0.15) is 33.1 Å². The van der Waals surface area contributed by atoms with Crippen LogP contribution in [0, 0.1) is 5.92 Å².